The molecule has 1 aromatic heterocycles. The number of carboxylic acid groups (broad SMARTS) is 1. The molecule has 1 amide bonds. The molecule has 2 aliphatic carbocycles. The van der Waals surface area contributed by atoms with Crippen LogP contribution in [0.2, 0.25) is 0 Å². The largest absolute Gasteiger partial charge is 0.465 e. The third-order valence-corrected chi connectivity index (χ3v) is 5.92. The Bertz CT molecular complexity index is 880. The molecule has 25 heavy (non-hydrogen) atoms. The van der Waals surface area contributed by atoms with Crippen LogP contribution in [0, 0.1) is 17.0 Å². The van der Waals surface area contributed by atoms with E-state index in [1.807, 2.05) is 13.8 Å². The van der Waals surface area contributed by atoms with Gasteiger partial charge in [-0.3, -0.25) is 0 Å². The topological polar surface area (TPSA) is 75.1 Å². The molecule has 2 bridgehead atoms. The van der Waals surface area contributed by atoms with Gasteiger partial charge in [0.25, 0.3) is 0 Å². The van der Waals surface area contributed by atoms with E-state index in [0.29, 0.717) is 12.1 Å². The molecule has 2 N–H and O–H groups in total. The van der Waals surface area contributed by atoms with Gasteiger partial charge in [-0.25, -0.2) is 13.6 Å². The number of fused-ring (bicyclic) bond motifs is 5. The third-order valence-electron chi connectivity index (χ3n) is 5.92. The Balaban J connectivity index is 1.90. The minimum atomic E-state index is -1.12. The van der Waals surface area contributed by atoms with Crippen molar-refractivity contribution in [1.82, 2.24) is 15.5 Å². The summed E-state index contributed by atoms with van der Waals surface area (Å²) < 4.78 is 28.2. The molecule has 7 heteroatoms. The molecular formula is C18H17F2N3O2. The van der Waals surface area contributed by atoms with E-state index in [4.69, 9.17) is 0 Å². The van der Waals surface area contributed by atoms with Crippen molar-refractivity contribution < 1.29 is 18.7 Å². The van der Waals surface area contributed by atoms with Gasteiger partial charge in [0.05, 0.1) is 22.5 Å². The molecule has 0 unspecified atom stereocenters. The fraction of sp³-hybridized carbons (Fsp3) is 0.389. The van der Waals surface area contributed by atoms with Gasteiger partial charge in [0.2, 0.25) is 0 Å². The van der Waals surface area contributed by atoms with Crippen molar-refractivity contribution in [1.29, 1.82) is 0 Å². The van der Waals surface area contributed by atoms with Gasteiger partial charge >= 0.3 is 6.09 Å². The zero-order valence-corrected chi connectivity index (χ0v) is 13.8. The number of halogens is 2. The fourth-order valence-electron chi connectivity index (χ4n) is 4.64. The Kier molecular flexibility index (Phi) is 3.17. The van der Waals surface area contributed by atoms with Crippen LogP contribution in [-0.2, 0) is 5.54 Å². The fourth-order valence-corrected chi connectivity index (χ4v) is 4.64. The van der Waals surface area contributed by atoms with E-state index < -0.39 is 28.7 Å². The summed E-state index contributed by atoms with van der Waals surface area (Å²) in [7, 11) is 0. The number of nitrogens with zero attached hydrogens (tertiary/aromatic N) is 2. The van der Waals surface area contributed by atoms with Gasteiger partial charge in [0.1, 0.15) is 11.6 Å². The van der Waals surface area contributed by atoms with E-state index in [0.717, 1.165) is 12.0 Å². The van der Waals surface area contributed by atoms with Gasteiger partial charge < -0.3 is 10.4 Å². The van der Waals surface area contributed by atoms with Crippen LogP contribution in [0.25, 0.3) is 11.3 Å². The van der Waals surface area contributed by atoms with Gasteiger partial charge in [0.15, 0.2) is 0 Å². The number of hydrogen-bond acceptors (Lipinski definition) is 3. The molecule has 0 saturated heterocycles. The number of hydrogen-bond donors (Lipinski definition) is 2. The van der Waals surface area contributed by atoms with Crippen LogP contribution in [-0.4, -0.2) is 21.4 Å². The van der Waals surface area contributed by atoms with Crippen LogP contribution in [0.15, 0.2) is 24.3 Å². The van der Waals surface area contributed by atoms with Crippen molar-refractivity contribution in [2.24, 2.45) is 5.41 Å². The minimum Gasteiger partial charge on any atom is -0.465 e. The van der Waals surface area contributed by atoms with Crippen LogP contribution < -0.4 is 5.32 Å². The summed E-state index contributed by atoms with van der Waals surface area (Å²) in [6.07, 6.45) is 0.296. The summed E-state index contributed by atoms with van der Waals surface area (Å²) in [5, 5.41) is 20.2. The first-order chi connectivity index (χ1) is 11.8. The van der Waals surface area contributed by atoms with Gasteiger partial charge in [-0.15, -0.1) is 5.10 Å². The highest BCUT2D eigenvalue weighted by Crippen LogP contribution is 2.66. The van der Waals surface area contributed by atoms with E-state index in [1.165, 1.54) is 18.2 Å². The van der Waals surface area contributed by atoms with Gasteiger partial charge in [-0.05, 0) is 42.5 Å². The molecule has 1 heterocycles. The summed E-state index contributed by atoms with van der Waals surface area (Å²) >= 11 is 0. The van der Waals surface area contributed by atoms with Crippen LogP contribution in [0.1, 0.15) is 43.9 Å². The van der Waals surface area contributed by atoms with Crippen LogP contribution in [0.3, 0.4) is 0 Å². The molecule has 0 spiro atoms. The lowest BCUT2D eigenvalue weighted by Gasteiger charge is -2.37. The molecule has 1 aromatic carbocycles. The zero-order chi connectivity index (χ0) is 18.0. The van der Waals surface area contributed by atoms with Crippen molar-refractivity contribution in [3.8, 4) is 11.3 Å². The highest BCUT2D eigenvalue weighted by Gasteiger charge is 2.64. The number of carbonyl (C=O) groups is 1. The normalized spacial score (nSPS) is 25.7. The average molecular weight is 345 g/mol. The number of amides is 1. The van der Waals surface area contributed by atoms with Crippen molar-refractivity contribution in [2.45, 2.75) is 38.1 Å². The number of benzene rings is 1. The monoisotopic (exact) mass is 345 g/mol. The smallest absolute Gasteiger partial charge is 0.405 e. The molecule has 2 aliphatic rings. The molecule has 1 fully saturated rings. The lowest BCUT2D eigenvalue weighted by molar-refractivity contribution is 0.133. The van der Waals surface area contributed by atoms with Crippen LogP contribution in [0.5, 0.6) is 0 Å². The van der Waals surface area contributed by atoms with Gasteiger partial charge in [-0.2, -0.15) is 5.10 Å². The Morgan fingerprint density at radius 3 is 2.60 bits per heavy atom. The zero-order valence-electron chi connectivity index (χ0n) is 13.8. The Hall–Kier alpha value is -2.57. The van der Waals surface area contributed by atoms with E-state index >= 15 is 0 Å². The predicted octanol–water partition coefficient (Wildman–Crippen LogP) is 3.80. The Morgan fingerprint density at radius 1 is 1.28 bits per heavy atom. The third kappa shape index (κ3) is 1.95. The van der Waals surface area contributed by atoms with E-state index in [2.05, 4.69) is 15.5 Å². The second-order valence-electron chi connectivity index (χ2n) is 7.28. The molecule has 1 saturated carbocycles. The molecule has 0 aliphatic heterocycles. The quantitative estimate of drug-likeness (QED) is 0.868. The Labute approximate surface area is 143 Å². The van der Waals surface area contributed by atoms with Gasteiger partial charge in [0, 0.05) is 5.41 Å². The van der Waals surface area contributed by atoms with Crippen molar-refractivity contribution in [3.63, 3.8) is 0 Å². The number of rotatable bonds is 2. The molecule has 2 atom stereocenters. The molecule has 4 rings (SSSR count). The maximum absolute atomic E-state index is 14.1. The summed E-state index contributed by atoms with van der Waals surface area (Å²) in [6.45, 7) is 3.98. The number of nitrogens with one attached hydrogen (secondary N) is 1. The van der Waals surface area contributed by atoms with Crippen molar-refractivity contribution in [3.05, 3.63) is 47.2 Å². The second kappa shape index (κ2) is 4.97. The van der Waals surface area contributed by atoms with E-state index in [9.17, 15) is 18.7 Å². The molecule has 130 valence electrons. The predicted molar refractivity (Wildman–Crippen MR) is 86.0 cm³/mol. The summed E-state index contributed by atoms with van der Waals surface area (Å²) in [4.78, 5) is 11.4. The maximum Gasteiger partial charge on any atom is 0.405 e. The first-order valence-electron chi connectivity index (χ1n) is 8.11. The minimum absolute atomic E-state index is 0.0541. The van der Waals surface area contributed by atoms with E-state index in [1.54, 1.807) is 6.07 Å². The highest BCUT2D eigenvalue weighted by molar-refractivity contribution is 5.69. The van der Waals surface area contributed by atoms with Crippen LogP contribution >= 0.6 is 0 Å². The molecule has 0 radical (unpaired) electrons. The number of aromatic nitrogens is 2. The summed E-state index contributed by atoms with van der Waals surface area (Å²) in [5.74, 6) is -1.34. The van der Waals surface area contributed by atoms with Crippen LogP contribution in [0.4, 0.5) is 13.6 Å². The first-order valence-corrected chi connectivity index (χ1v) is 8.11. The molecule has 5 nitrogen and oxygen atoms in total. The summed E-state index contributed by atoms with van der Waals surface area (Å²) in [6, 6.07) is 5.31. The molecule has 2 aromatic rings. The second-order valence-corrected chi connectivity index (χ2v) is 7.28. The lowest BCUT2D eigenvalue weighted by atomic mass is 9.75. The average Bonchev–Trinajstić information content (AvgIpc) is 2.87. The van der Waals surface area contributed by atoms with Crippen molar-refractivity contribution in [2.75, 3.05) is 0 Å². The lowest BCUT2D eigenvalue weighted by Crippen LogP contribution is -2.51. The maximum atomic E-state index is 14.1. The standard InChI is InChI=1S/C18H17F2N3O2/c1-17(2)10-6-7-18(17,21-16(24)25)15-9(10)8-13(22-23-15)14-11(19)4-3-5-12(14)20/h3-5,8,10,21H,6-7H2,1-2H3,(H,24,25)/t10-,18-/m1/s1. The SMILES string of the molecule is CC1(C)[C@@H]2CC[C@@]1(NC(=O)O)c1nnc(-c3c(F)cccc3F)cc12. The van der Waals surface area contributed by atoms with Gasteiger partial charge in [-0.1, -0.05) is 19.9 Å². The first kappa shape index (κ1) is 15.9. The van der Waals surface area contributed by atoms with Crippen molar-refractivity contribution >= 4 is 6.09 Å². The van der Waals surface area contributed by atoms with E-state index in [-0.39, 0.29) is 17.2 Å². The Morgan fingerprint density at radius 2 is 1.96 bits per heavy atom. The molecular weight excluding hydrogens is 328 g/mol. The summed E-state index contributed by atoms with van der Waals surface area (Å²) in [5.41, 5.74) is 0.0866. The highest BCUT2D eigenvalue weighted by atomic mass is 19.1.